The van der Waals surface area contributed by atoms with Crippen molar-refractivity contribution in [1.29, 1.82) is 0 Å². The summed E-state index contributed by atoms with van der Waals surface area (Å²) in [6.45, 7) is 7.38. The lowest BCUT2D eigenvalue weighted by Crippen LogP contribution is -2.44. The zero-order chi connectivity index (χ0) is 26.3. The second-order valence-electron chi connectivity index (χ2n) is 9.40. The SMILES string of the molecule is CC(=O)c1cnc2cc(C)c(-c3cc(Cl)c(O)c(Cl)c3)cc2c1Nc1ccc(N2CCN(C)CC2)nc1. The van der Waals surface area contributed by atoms with Crippen LogP contribution in [-0.2, 0) is 0 Å². The maximum atomic E-state index is 12.6. The second-order valence-corrected chi connectivity index (χ2v) is 10.2. The Labute approximate surface area is 225 Å². The minimum absolute atomic E-state index is 0.100. The number of carbonyl (C=O) groups is 1. The van der Waals surface area contributed by atoms with Gasteiger partial charge in [-0.15, -0.1) is 0 Å². The van der Waals surface area contributed by atoms with Crippen molar-refractivity contribution in [2.24, 2.45) is 0 Å². The van der Waals surface area contributed by atoms with Crippen LogP contribution in [0.25, 0.3) is 22.0 Å². The molecular formula is C28H27Cl2N5O2. The Balaban J connectivity index is 1.56. The molecular weight excluding hydrogens is 509 g/mol. The summed E-state index contributed by atoms with van der Waals surface area (Å²) in [5.41, 5.74) is 5.22. The van der Waals surface area contributed by atoms with Crippen LogP contribution in [0.15, 0.2) is 48.8 Å². The van der Waals surface area contributed by atoms with Gasteiger partial charge in [0.05, 0.1) is 38.7 Å². The van der Waals surface area contributed by atoms with Crippen molar-refractivity contribution >= 4 is 57.1 Å². The number of aryl methyl sites for hydroxylation is 1. The van der Waals surface area contributed by atoms with Crippen LogP contribution in [0.1, 0.15) is 22.8 Å². The molecule has 0 saturated carbocycles. The fourth-order valence-electron chi connectivity index (χ4n) is 4.60. The average Bonchev–Trinajstić information content (AvgIpc) is 2.87. The number of Topliss-reactive ketones (excluding diaryl/α,β-unsaturated/α-hetero) is 1. The summed E-state index contributed by atoms with van der Waals surface area (Å²) in [4.78, 5) is 26.4. The molecule has 2 N–H and O–H groups in total. The number of benzene rings is 2. The number of aromatic hydroxyl groups is 1. The molecule has 1 aliphatic heterocycles. The highest BCUT2D eigenvalue weighted by atomic mass is 35.5. The quantitative estimate of drug-likeness (QED) is 0.289. The number of anilines is 3. The van der Waals surface area contributed by atoms with Crippen LogP contribution >= 0.6 is 23.2 Å². The lowest BCUT2D eigenvalue weighted by molar-refractivity contribution is 0.101. The van der Waals surface area contributed by atoms with Gasteiger partial charge in [0, 0.05) is 37.8 Å². The van der Waals surface area contributed by atoms with Gasteiger partial charge in [-0.05, 0) is 74.0 Å². The number of carbonyl (C=O) groups excluding carboxylic acids is 1. The highest BCUT2D eigenvalue weighted by Crippen LogP contribution is 2.40. The van der Waals surface area contributed by atoms with Gasteiger partial charge in [0.15, 0.2) is 11.5 Å². The van der Waals surface area contributed by atoms with E-state index < -0.39 is 0 Å². The lowest BCUT2D eigenvalue weighted by atomic mass is 9.96. The third kappa shape index (κ3) is 5.07. The van der Waals surface area contributed by atoms with Gasteiger partial charge in [-0.3, -0.25) is 9.78 Å². The van der Waals surface area contributed by atoms with E-state index in [-0.39, 0.29) is 21.6 Å². The Hall–Kier alpha value is -3.39. The number of piperazine rings is 1. The summed E-state index contributed by atoms with van der Waals surface area (Å²) in [6, 6.07) is 11.3. The Morgan fingerprint density at radius 2 is 1.70 bits per heavy atom. The van der Waals surface area contributed by atoms with Gasteiger partial charge >= 0.3 is 0 Å². The van der Waals surface area contributed by atoms with E-state index in [4.69, 9.17) is 23.2 Å². The van der Waals surface area contributed by atoms with E-state index >= 15 is 0 Å². The number of fused-ring (bicyclic) bond motifs is 1. The highest BCUT2D eigenvalue weighted by Gasteiger charge is 2.18. The number of ketones is 1. The van der Waals surface area contributed by atoms with Crippen LogP contribution in [0.3, 0.4) is 0 Å². The molecule has 7 nitrogen and oxygen atoms in total. The third-order valence-electron chi connectivity index (χ3n) is 6.77. The maximum Gasteiger partial charge on any atom is 0.163 e. The number of likely N-dealkylation sites (N-methyl/N-ethyl adjacent to an activating group) is 1. The molecule has 1 saturated heterocycles. The van der Waals surface area contributed by atoms with Crippen LogP contribution in [0.5, 0.6) is 5.75 Å². The Morgan fingerprint density at radius 1 is 1.00 bits per heavy atom. The molecule has 0 spiro atoms. The highest BCUT2D eigenvalue weighted by molar-refractivity contribution is 6.37. The first kappa shape index (κ1) is 25.3. The van der Waals surface area contributed by atoms with E-state index in [1.165, 1.54) is 6.92 Å². The largest absolute Gasteiger partial charge is 0.505 e. The van der Waals surface area contributed by atoms with Gasteiger partial charge < -0.3 is 20.2 Å². The molecule has 3 heterocycles. The molecule has 1 aliphatic rings. The number of pyridine rings is 2. The Kier molecular flexibility index (Phi) is 6.94. The molecule has 0 aliphatic carbocycles. The van der Waals surface area contributed by atoms with E-state index in [1.807, 2.05) is 31.2 Å². The number of phenols is 1. The molecule has 5 rings (SSSR count). The van der Waals surface area contributed by atoms with Crippen molar-refractivity contribution in [2.45, 2.75) is 13.8 Å². The van der Waals surface area contributed by atoms with Crippen LogP contribution < -0.4 is 10.2 Å². The van der Waals surface area contributed by atoms with Gasteiger partial charge in [-0.1, -0.05) is 23.2 Å². The van der Waals surface area contributed by atoms with Crippen LogP contribution in [0, 0.1) is 6.92 Å². The Bertz CT molecular complexity index is 1480. The number of aromatic nitrogens is 2. The number of rotatable bonds is 5. The molecule has 2 aromatic heterocycles. The van der Waals surface area contributed by atoms with Crippen molar-refractivity contribution in [3.05, 3.63) is 70.0 Å². The van der Waals surface area contributed by atoms with Gasteiger partial charge in [0.25, 0.3) is 0 Å². The van der Waals surface area contributed by atoms with Gasteiger partial charge in [0.1, 0.15) is 5.82 Å². The predicted molar refractivity (Wildman–Crippen MR) is 151 cm³/mol. The van der Waals surface area contributed by atoms with E-state index in [0.29, 0.717) is 11.3 Å². The molecule has 2 aromatic carbocycles. The summed E-state index contributed by atoms with van der Waals surface area (Å²) in [5.74, 6) is 0.682. The number of hydrogen-bond acceptors (Lipinski definition) is 7. The van der Waals surface area contributed by atoms with Crippen molar-refractivity contribution in [1.82, 2.24) is 14.9 Å². The molecule has 4 aromatic rings. The summed E-state index contributed by atoms with van der Waals surface area (Å²) >= 11 is 12.4. The van der Waals surface area contributed by atoms with Gasteiger partial charge in [0.2, 0.25) is 0 Å². The van der Waals surface area contributed by atoms with Crippen LogP contribution in [0.4, 0.5) is 17.2 Å². The lowest BCUT2D eigenvalue weighted by Gasteiger charge is -2.33. The zero-order valence-corrected chi connectivity index (χ0v) is 22.4. The first-order valence-electron chi connectivity index (χ1n) is 12.0. The summed E-state index contributed by atoms with van der Waals surface area (Å²) < 4.78 is 0. The average molecular weight is 536 g/mol. The number of nitrogens with one attached hydrogen (secondary N) is 1. The standard InChI is InChI=1S/C28H27Cl2N5O2/c1-16-10-25-21(13-20(16)18-11-23(29)28(37)24(30)12-18)27(22(15-31-25)17(2)36)33-19-4-5-26(32-14-19)35-8-6-34(3)7-9-35/h4-5,10-15,37H,6-9H2,1-3H3,(H,31,33). The van der Waals surface area contributed by atoms with Crippen molar-refractivity contribution in [3.63, 3.8) is 0 Å². The molecule has 9 heteroatoms. The molecule has 190 valence electrons. The third-order valence-corrected chi connectivity index (χ3v) is 7.34. The molecule has 0 unspecified atom stereocenters. The molecule has 37 heavy (non-hydrogen) atoms. The zero-order valence-electron chi connectivity index (χ0n) is 20.8. The fourth-order valence-corrected chi connectivity index (χ4v) is 5.09. The second kappa shape index (κ2) is 10.2. The molecule has 0 radical (unpaired) electrons. The summed E-state index contributed by atoms with van der Waals surface area (Å²) in [7, 11) is 2.13. The number of phenolic OH excluding ortho intramolecular Hbond substituents is 1. The van der Waals surface area contributed by atoms with Crippen LogP contribution in [0.2, 0.25) is 10.0 Å². The smallest absolute Gasteiger partial charge is 0.163 e. The van der Waals surface area contributed by atoms with E-state index in [9.17, 15) is 9.90 Å². The number of halogens is 2. The Morgan fingerprint density at radius 3 is 2.32 bits per heavy atom. The van der Waals surface area contributed by atoms with Crippen LogP contribution in [-0.4, -0.2) is 59.0 Å². The number of hydrogen-bond donors (Lipinski definition) is 2. The first-order chi connectivity index (χ1) is 17.7. The number of nitrogens with zero attached hydrogens (tertiary/aromatic N) is 4. The summed E-state index contributed by atoms with van der Waals surface area (Å²) in [6.07, 6.45) is 3.39. The van der Waals surface area contributed by atoms with E-state index in [2.05, 4.69) is 32.1 Å². The molecule has 1 fully saturated rings. The van der Waals surface area contributed by atoms with Crippen molar-refractivity contribution < 1.29 is 9.90 Å². The van der Waals surface area contributed by atoms with E-state index in [0.717, 1.165) is 65.3 Å². The molecule has 0 bridgehead atoms. The maximum absolute atomic E-state index is 12.6. The van der Waals surface area contributed by atoms with Gasteiger partial charge in [-0.25, -0.2) is 4.98 Å². The minimum Gasteiger partial charge on any atom is -0.505 e. The van der Waals surface area contributed by atoms with Gasteiger partial charge in [-0.2, -0.15) is 0 Å². The molecule has 0 atom stereocenters. The van der Waals surface area contributed by atoms with Crippen molar-refractivity contribution in [2.75, 3.05) is 43.4 Å². The van der Waals surface area contributed by atoms with Crippen molar-refractivity contribution in [3.8, 4) is 16.9 Å². The topological polar surface area (TPSA) is 81.6 Å². The summed E-state index contributed by atoms with van der Waals surface area (Å²) in [5, 5.41) is 14.5. The monoisotopic (exact) mass is 535 g/mol. The van der Waals surface area contributed by atoms with E-state index in [1.54, 1.807) is 24.5 Å². The minimum atomic E-state index is -0.152. The predicted octanol–water partition coefficient (Wildman–Crippen LogP) is 6.32. The normalized spacial score (nSPS) is 14.2. The fraction of sp³-hybridized carbons (Fsp3) is 0.250. The molecule has 0 amide bonds. The first-order valence-corrected chi connectivity index (χ1v) is 12.8.